The van der Waals surface area contributed by atoms with E-state index in [0.717, 1.165) is 13.8 Å². The van der Waals surface area contributed by atoms with Crippen LogP contribution in [0.4, 0.5) is 26.3 Å². The maximum Gasteiger partial charge on any atom is 0.392 e. The zero-order valence-corrected chi connectivity index (χ0v) is 14.5. The average Bonchev–Trinajstić information content (AvgIpc) is 2.94. The zero-order chi connectivity index (χ0) is 19.9. The number of halogens is 6. The Hall–Kier alpha value is -1.74. The molecule has 2 unspecified atom stereocenters. The number of aromatic amines is 1. The molecule has 1 heterocycles. The number of nitrogens with one attached hydrogen (secondary N) is 1. The number of fused-ring (bicyclic) bond motifs is 1. The van der Waals surface area contributed by atoms with Gasteiger partial charge in [-0.25, -0.2) is 4.79 Å². The molecule has 1 aliphatic carbocycles. The quantitative estimate of drug-likeness (QED) is 0.614. The van der Waals surface area contributed by atoms with Gasteiger partial charge in [-0.1, -0.05) is 13.8 Å². The van der Waals surface area contributed by atoms with Crippen LogP contribution < -0.4 is 0 Å². The summed E-state index contributed by atoms with van der Waals surface area (Å²) in [5.41, 5.74) is -1.67. The van der Waals surface area contributed by atoms with Crippen molar-refractivity contribution in [3.05, 3.63) is 17.0 Å². The van der Waals surface area contributed by atoms with Crippen molar-refractivity contribution in [3.8, 4) is 0 Å². The summed E-state index contributed by atoms with van der Waals surface area (Å²) in [4.78, 5) is 11.9. The second-order valence-electron chi connectivity index (χ2n) is 6.69. The van der Waals surface area contributed by atoms with Crippen LogP contribution in [0.2, 0.25) is 0 Å². The molecule has 0 bridgehead atoms. The second kappa shape index (κ2) is 6.77. The van der Waals surface area contributed by atoms with Crippen molar-refractivity contribution in [1.82, 2.24) is 10.2 Å². The summed E-state index contributed by atoms with van der Waals surface area (Å²) in [5.74, 6) is -5.09. The number of nitrogens with zero attached hydrogens (tertiary/aromatic N) is 1. The van der Waals surface area contributed by atoms with Crippen molar-refractivity contribution in [1.29, 1.82) is 0 Å². The maximum absolute atomic E-state index is 13.4. The Morgan fingerprint density at radius 2 is 1.73 bits per heavy atom. The predicted octanol–water partition coefficient (Wildman–Crippen LogP) is 4.46. The van der Waals surface area contributed by atoms with Crippen LogP contribution in [0, 0.1) is 17.3 Å². The van der Waals surface area contributed by atoms with Crippen molar-refractivity contribution in [2.75, 3.05) is 6.61 Å². The van der Waals surface area contributed by atoms with Crippen molar-refractivity contribution in [3.63, 3.8) is 0 Å². The summed E-state index contributed by atoms with van der Waals surface area (Å²) in [6.45, 7) is 3.24. The first-order chi connectivity index (χ1) is 11.8. The fraction of sp³-hybridized carbons (Fsp3) is 0.750. The highest BCUT2D eigenvalue weighted by molar-refractivity contribution is 5.89. The number of hydrogen-bond donors (Lipinski definition) is 1. The summed E-state index contributed by atoms with van der Waals surface area (Å²) in [7, 11) is 0. The van der Waals surface area contributed by atoms with Crippen molar-refractivity contribution in [2.24, 2.45) is 17.3 Å². The van der Waals surface area contributed by atoms with Crippen molar-refractivity contribution >= 4 is 5.97 Å². The number of alkyl halides is 6. The standard InChI is InChI=1S/C16H20F6N2O2/c1-4-26-13(25)12-10-5-6-14(7-11(10)23-24-12,8(2)15(17,18)19)9(3)16(20,21)22/h8-9H,4-7H2,1-3H3,(H,23,24). The molecule has 148 valence electrons. The van der Waals surface area contributed by atoms with Gasteiger partial charge in [-0.3, -0.25) is 5.10 Å². The zero-order valence-electron chi connectivity index (χ0n) is 14.5. The third kappa shape index (κ3) is 3.55. The van der Waals surface area contributed by atoms with E-state index >= 15 is 0 Å². The summed E-state index contributed by atoms with van der Waals surface area (Å²) < 4.78 is 85.0. The number of ether oxygens (including phenoxy) is 1. The van der Waals surface area contributed by atoms with E-state index in [9.17, 15) is 31.1 Å². The Kier molecular flexibility index (Phi) is 5.36. The van der Waals surface area contributed by atoms with Gasteiger partial charge in [-0.15, -0.1) is 0 Å². The van der Waals surface area contributed by atoms with Gasteiger partial charge in [0.05, 0.1) is 18.4 Å². The minimum absolute atomic E-state index is 0.0743. The highest BCUT2D eigenvalue weighted by atomic mass is 19.4. The highest BCUT2D eigenvalue weighted by Crippen LogP contribution is 2.56. The molecule has 0 saturated carbocycles. The SMILES string of the molecule is CCOC(=O)c1n[nH]c2c1CCC(C(C)C(F)(F)F)(C(C)C(F)(F)F)C2. The van der Waals surface area contributed by atoms with Gasteiger partial charge in [0, 0.05) is 11.3 Å². The van der Waals surface area contributed by atoms with E-state index in [1.165, 1.54) is 0 Å². The first kappa shape index (κ1) is 20.6. The van der Waals surface area contributed by atoms with Crippen LogP contribution in [-0.2, 0) is 17.6 Å². The number of carbonyl (C=O) groups is 1. The first-order valence-electron chi connectivity index (χ1n) is 8.21. The van der Waals surface area contributed by atoms with E-state index in [1.54, 1.807) is 6.92 Å². The fourth-order valence-electron chi connectivity index (χ4n) is 3.73. The van der Waals surface area contributed by atoms with Gasteiger partial charge < -0.3 is 4.74 Å². The third-order valence-corrected chi connectivity index (χ3v) is 5.47. The Morgan fingerprint density at radius 3 is 2.19 bits per heavy atom. The van der Waals surface area contributed by atoms with Gasteiger partial charge in [0.15, 0.2) is 5.69 Å². The Labute approximate surface area is 146 Å². The lowest BCUT2D eigenvalue weighted by Gasteiger charge is -2.47. The van der Waals surface area contributed by atoms with Crippen LogP contribution in [0.25, 0.3) is 0 Å². The van der Waals surface area contributed by atoms with E-state index in [2.05, 4.69) is 10.2 Å². The molecule has 4 nitrogen and oxygen atoms in total. The minimum atomic E-state index is -4.78. The molecule has 1 N–H and O–H groups in total. The Bertz CT molecular complexity index is 645. The lowest BCUT2D eigenvalue weighted by atomic mass is 9.59. The first-order valence-corrected chi connectivity index (χ1v) is 8.21. The molecule has 0 amide bonds. The molecule has 26 heavy (non-hydrogen) atoms. The van der Waals surface area contributed by atoms with Gasteiger partial charge in [0.2, 0.25) is 0 Å². The van der Waals surface area contributed by atoms with Crippen molar-refractivity contribution in [2.45, 2.75) is 52.4 Å². The van der Waals surface area contributed by atoms with Gasteiger partial charge in [0.25, 0.3) is 0 Å². The average molecular weight is 386 g/mol. The summed E-state index contributed by atoms with van der Waals surface area (Å²) in [6.07, 6.45) is -10.5. The molecular formula is C16H20F6N2O2. The van der Waals surface area contributed by atoms with Gasteiger partial charge in [-0.2, -0.15) is 31.4 Å². The normalized spacial score (nSPS) is 23.3. The smallest absolute Gasteiger partial charge is 0.392 e. The largest absolute Gasteiger partial charge is 0.461 e. The van der Waals surface area contributed by atoms with Gasteiger partial charge >= 0.3 is 18.3 Å². The summed E-state index contributed by atoms with van der Waals surface area (Å²) in [5, 5.41) is 6.21. The van der Waals surface area contributed by atoms with Gasteiger partial charge in [0.1, 0.15) is 0 Å². The fourth-order valence-corrected chi connectivity index (χ4v) is 3.73. The van der Waals surface area contributed by atoms with Crippen LogP contribution in [0.1, 0.15) is 48.9 Å². The van der Waals surface area contributed by atoms with E-state index < -0.39 is 42.0 Å². The molecule has 10 heteroatoms. The minimum Gasteiger partial charge on any atom is -0.461 e. The summed E-state index contributed by atoms with van der Waals surface area (Å²) in [6, 6.07) is 0. The maximum atomic E-state index is 13.4. The van der Waals surface area contributed by atoms with Crippen molar-refractivity contribution < 1.29 is 35.9 Å². The molecule has 1 aromatic heterocycles. The lowest BCUT2D eigenvalue weighted by Crippen LogP contribution is -2.51. The van der Waals surface area contributed by atoms with Crippen LogP contribution in [-0.4, -0.2) is 35.1 Å². The molecule has 0 spiro atoms. The van der Waals surface area contributed by atoms with E-state index in [-0.39, 0.29) is 30.8 Å². The lowest BCUT2D eigenvalue weighted by molar-refractivity contribution is -0.258. The second-order valence-corrected chi connectivity index (χ2v) is 6.69. The molecule has 2 atom stereocenters. The number of H-pyrrole nitrogens is 1. The molecule has 1 aromatic rings. The molecule has 0 radical (unpaired) electrons. The van der Waals surface area contributed by atoms with E-state index in [1.807, 2.05) is 0 Å². The molecule has 0 fully saturated rings. The number of esters is 1. The Morgan fingerprint density at radius 1 is 1.19 bits per heavy atom. The number of aromatic nitrogens is 2. The molecule has 0 aromatic carbocycles. The van der Waals surface area contributed by atoms with Crippen LogP contribution in [0.3, 0.4) is 0 Å². The third-order valence-electron chi connectivity index (χ3n) is 5.47. The number of hydrogen-bond acceptors (Lipinski definition) is 3. The predicted molar refractivity (Wildman–Crippen MR) is 79.4 cm³/mol. The number of rotatable bonds is 4. The Balaban J connectivity index is 2.47. The molecule has 0 saturated heterocycles. The van der Waals surface area contributed by atoms with Gasteiger partial charge in [-0.05, 0) is 31.6 Å². The molecule has 2 rings (SSSR count). The van der Waals surface area contributed by atoms with Crippen LogP contribution in [0.15, 0.2) is 0 Å². The number of carbonyl (C=O) groups excluding carboxylic acids is 1. The van der Waals surface area contributed by atoms with E-state index in [0.29, 0.717) is 5.56 Å². The monoisotopic (exact) mass is 386 g/mol. The molecular weight excluding hydrogens is 366 g/mol. The molecule has 1 aliphatic rings. The molecule has 0 aliphatic heterocycles. The topological polar surface area (TPSA) is 55.0 Å². The summed E-state index contributed by atoms with van der Waals surface area (Å²) >= 11 is 0. The van der Waals surface area contributed by atoms with Crippen LogP contribution >= 0.6 is 0 Å². The highest BCUT2D eigenvalue weighted by Gasteiger charge is 2.60. The van der Waals surface area contributed by atoms with Crippen LogP contribution in [0.5, 0.6) is 0 Å². The van der Waals surface area contributed by atoms with E-state index in [4.69, 9.17) is 4.74 Å².